The molecule has 1 amide bonds. The smallest absolute Gasteiger partial charge is 0.260 e. The van der Waals surface area contributed by atoms with Gasteiger partial charge in [-0.1, -0.05) is 57.0 Å². The third-order valence-corrected chi connectivity index (χ3v) is 5.33. The van der Waals surface area contributed by atoms with Gasteiger partial charge in [0.25, 0.3) is 5.91 Å². The van der Waals surface area contributed by atoms with Crippen LogP contribution in [0.2, 0.25) is 0 Å². The Morgan fingerprint density at radius 1 is 1.11 bits per heavy atom. The average molecular weight is 437 g/mol. The molecule has 6 heteroatoms. The van der Waals surface area contributed by atoms with Gasteiger partial charge in [-0.15, -0.1) is 0 Å². The molecule has 1 heterocycles. The number of carbonyl (C=O) groups is 2. The molecule has 3 aromatic rings. The molecule has 1 N–H and O–H groups in total. The Kier molecular flexibility index (Phi) is 4.73. The predicted molar refractivity (Wildman–Crippen MR) is 109 cm³/mol. The number of nitrogens with zero attached hydrogens (tertiary/aromatic N) is 1. The van der Waals surface area contributed by atoms with E-state index in [4.69, 9.17) is 4.52 Å². The molecule has 2 aromatic carbocycles. The van der Waals surface area contributed by atoms with E-state index in [9.17, 15) is 9.59 Å². The number of allylic oxidation sites excluding steroid dienone is 1. The van der Waals surface area contributed by atoms with Gasteiger partial charge >= 0.3 is 0 Å². The van der Waals surface area contributed by atoms with Gasteiger partial charge in [0, 0.05) is 27.6 Å². The number of rotatable bonds is 4. The van der Waals surface area contributed by atoms with Crippen molar-refractivity contribution in [2.24, 2.45) is 0 Å². The Bertz CT molecular complexity index is 1130. The van der Waals surface area contributed by atoms with E-state index in [0.717, 1.165) is 21.2 Å². The summed E-state index contributed by atoms with van der Waals surface area (Å²) in [6.07, 6.45) is 1.84. The minimum absolute atomic E-state index is 0.0929. The van der Waals surface area contributed by atoms with Gasteiger partial charge in [0.15, 0.2) is 5.78 Å². The van der Waals surface area contributed by atoms with Gasteiger partial charge in [-0.2, -0.15) is 0 Å². The van der Waals surface area contributed by atoms with Crippen molar-refractivity contribution in [1.29, 1.82) is 0 Å². The van der Waals surface area contributed by atoms with E-state index in [2.05, 4.69) is 26.4 Å². The highest BCUT2D eigenvalue weighted by Crippen LogP contribution is 2.35. The highest BCUT2D eigenvalue weighted by molar-refractivity contribution is 9.10. The Morgan fingerprint density at radius 2 is 1.86 bits per heavy atom. The molecular weight excluding hydrogens is 420 g/mol. The van der Waals surface area contributed by atoms with Crippen molar-refractivity contribution >= 4 is 33.3 Å². The summed E-state index contributed by atoms with van der Waals surface area (Å²) in [6, 6.07) is 13.3. The molecule has 0 fully saturated rings. The van der Waals surface area contributed by atoms with Crippen LogP contribution in [0, 0.1) is 13.8 Å². The number of hydrogen-bond acceptors (Lipinski definition) is 4. The maximum absolute atomic E-state index is 13.2. The van der Waals surface area contributed by atoms with E-state index >= 15 is 0 Å². The molecule has 0 saturated heterocycles. The number of Topliss-reactive ketones (excluding diaryl/α,β-unsaturated/α-hetero) is 1. The summed E-state index contributed by atoms with van der Waals surface area (Å²) in [5, 5.41) is 6.58. The summed E-state index contributed by atoms with van der Waals surface area (Å²) in [7, 11) is 0. The molecule has 140 valence electrons. The molecule has 1 aliphatic carbocycles. The maximum Gasteiger partial charge on any atom is 0.260 e. The van der Waals surface area contributed by atoms with E-state index in [1.165, 1.54) is 6.20 Å². The minimum Gasteiger partial charge on any atom is -0.361 e. The molecule has 0 aliphatic heterocycles. The second-order valence-corrected chi connectivity index (χ2v) is 7.69. The predicted octanol–water partition coefficient (Wildman–Crippen LogP) is 4.63. The molecule has 0 saturated carbocycles. The second-order valence-electron chi connectivity index (χ2n) is 6.78. The zero-order chi connectivity index (χ0) is 19.8. The largest absolute Gasteiger partial charge is 0.361 e. The fourth-order valence-electron chi connectivity index (χ4n) is 3.29. The van der Waals surface area contributed by atoms with Crippen LogP contribution in [-0.2, 0) is 6.42 Å². The molecule has 0 radical (unpaired) electrons. The van der Waals surface area contributed by atoms with Crippen molar-refractivity contribution in [3.05, 3.63) is 92.3 Å². The van der Waals surface area contributed by atoms with Crippen molar-refractivity contribution in [1.82, 2.24) is 10.5 Å². The van der Waals surface area contributed by atoms with Crippen LogP contribution in [-0.4, -0.2) is 16.8 Å². The molecule has 1 aliphatic rings. The first-order chi connectivity index (χ1) is 13.4. The van der Waals surface area contributed by atoms with Gasteiger partial charge in [-0.25, -0.2) is 0 Å². The summed E-state index contributed by atoms with van der Waals surface area (Å²) in [5.41, 5.74) is 4.97. The van der Waals surface area contributed by atoms with Crippen LogP contribution in [0.3, 0.4) is 0 Å². The maximum atomic E-state index is 13.2. The summed E-state index contributed by atoms with van der Waals surface area (Å²) < 4.78 is 5.87. The van der Waals surface area contributed by atoms with Gasteiger partial charge in [0.05, 0.1) is 11.9 Å². The number of ketones is 1. The molecule has 0 spiro atoms. The van der Waals surface area contributed by atoms with Crippen molar-refractivity contribution in [2.45, 2.75) is 20.3 Å². The number of fused-ring (bicyclic) bond motifs is 1. The molecule has 0 bridgehead atoms. The highest BCUT2D eigenvalue weighted by atomic mass is 79.9. The number of aromatic nitrogens is 1. The van der Waals surface area contributed by atoms with Gasteiger partial charge in [0.2, 0.25) is 0 Å². The van der Waals surface area contributed by atoms with Crippen LogP contribution in [0.5, 0.6) is 0 Å². The van der Waals surface area contributed by atoms with Crippen LogP contribution in [0.1, 0.15) is 43.2 Å². The molecular formula is C22H17BrN2O3. The van der Waals surface area contributed by atoms with E-state index in [-0.39, 0.29) is 11.7 Å². The topological polar surface area (TPSA) is 72.2 Å². The number of hydrogen-bond donors (Lipinski definition) is 1. The number of nitrogens with one attached hydrogen (secondary N) is 1. The highest BCUT2D eigenvalue weighted by Gasteiger charge is 2.29. The van der Waals surface area contributed by atoms with Crippen LogP contribution < -0.4 is 5.32 Å². The summed E-state index contributed by atoms with van der Waals surface area (Å²) in [6.45, 7) is 3.65. The third-order valence-electron chi connectivity index (χ3n) is 4.83. The first kappa shape index (κ1) is 18.4. The summed E-state index contributed by atoms with van der Waals surface area (Å²) in [5.74, 6) is -0.0163. The van der Waals surface area contributed by atoms with Crippen molar-refractivity contribution < 1.29 is 14.1 Å². The van der Waals surface area contributed by atoms with Crippen LogP contribution >= 0.6 is 15.9 Å². The third kappa shape index (κ3) is 3.31. The van der Waals surface area contributed by atoms with Gasteiger partial charge in [-0.05, 0) is 31.5 Å². The van der Waals surface area contributed by atoms with E-state index < -0.39 is 0 Å². The molecule has 1 aromatic heterocycles. The lowest BCUT2D eigenvalue weighted by Gasteiger charge is -2.10. The Balaban J connectivity index is 1.77. The van der Waals surface area contributed by atoms with Crippen LogP contribution in [0.15, 0.2) is 63.2 Å². The lowest BCUT2D eigenvalue weighted by atomic mass is 10.00. The van der Waals surface area contributed by atoms with Crippen molar-refractivity contribution in [2.75, 3.05) is 0 Å². The Labute approximate surface area is 170 Å². The van der Waals surface area contributed by atoms with Crippen LogP contribution in [0.25, 0.3) is 5.70 Å². The Morgan fingerprint density at radius 3 is 2.54 bits per heavy atom. The minimum atomic E-state index is -0.351. The first-order valence-electron chi connectivity index (χ1n) is 8.80. The first-order valence-corrected chi connectivity index (χ1v) is 9.59. The molecule has 5 nitrogen and oxygen atoms in total. The average Bonchev–Trinajstić information content (AvgIpc) is 3.25. The van der Waals surface area contributed by atoms with E-state index in [1.807, 2.05) is 49.4 Å². The van der Waals surface area contributed by atoms with E-state index in [0.29, 0.717) is 34.6 Å². The summed E-state index contributed by atoms with van der Waals surface area (Å²) in [4.78, 5) is 26.0. The molecule has 28 heavy (non-hydrogen) atoms. The standard InChI is InChI=1S/C22H17BrN2O3/c1-12-3-5-14(6-4-12)21(26)18-9-15-7-8-16(23)10-17(15)20(18)25-22(27)19-11-24-28-13(19)2/h3-8,10-11H,9H2,1-2H3,(H,25,27). The van der Waals surface area contributed by atoms with Gasteiger partial charge in [0.1, 0.15) is 11.3 Å². The zero-order valence-electron chi connectivity index (χ0n) is 15.4. The normalized spacial score (nSPS) is 12.8. The molecule has 4 rings (SSSR count). The van der Waals surface area contributed by atoms with Gasteiger partial charge < -0.3 is 9.84 Å². The number of carbonyl (C=O) groups excluding carboxylic acids is 2. The number of aryl methyl sites for hydroxylation is 2. The quantitative estimate of drug-likeness (QED) is 0.604. The zero-order valence-corrected chi connectivity index (χ0v) is 17.0. The lowest BCUT2D eigenvalue weighted by molar-refractivity contribution is 0.0972. The Hall–Kier alpha value is -2.99. The monoisotopic (exact) mass is 436 g/mol. The SMILES string of the molecule is Cc1ccc(C(=O)C2=C(NC(=O)c3cnoc3C)c3cc(Br)ccc3C2)cc1. The fourth-order valence-corrected chi connectivity index (χ4v) is 3.65. The second kappa shape index (κ2) is 7.20. The summed E-state index contributed by atoms with van der Waals surface area (Å²) >= 11 is 3.47. The fraction of sp³-hybridized carbons (Fsp3) is 0.136. The van der Waals surface area contributed by atoms with Gasteiger partial charge in [-0.3, -0.25) is 9.59 Å². The van der Waals surface area contributed by atoms with Crippen molar-refractivity contribution in [3.63, 3.8) is 0 Å². The lowest BCUT2D eigenvalue weighted by Crippen LogP contribution is -2.23. The molecule has 0 unspecified atom stereocenters. The van der Waals surface area contributed by atoms with E-state index in [1.54, 1.807) is 6.92 Å². The number of halogens is 1. The number of benzene rings is 2. The van der Waals surface area contributed by atoms with Crippen molar-refractivity contribution in [3.8, 4) is 0 Å². The van der Waals surface area contributed by atoms with Crippen LogP contribution in [0.4, 0.5) is 0 Å². The number of amides is 1. The molecule has 0 atom stereocenters.